The van der Waals surface area contributed by atoms with Gasteiger partial charge in [0, 0.05) is 107 Å². The van der Waals surface area contributed by atoms with Gasteiger partial charge in [-0.25, -0.2) is 4.98 Å². The van der Waals surface area contributed by atoms with Crippen molar-refractivity contribution < 1.29 is 55.2 Å². The summed E-state index contributed by atoms with van der Waals surface area (Å²) in [5, 5.41) is 62.6. The highest BCUT2D eigenvalue weighted by Crippen LogP contribution is 2.37. The predicted molar refractivity (Wildman–Crippen MR) is 513 cm³/mol. The molecule has 0 unspecified atom stereocenters. The van der Waals surface area contributed by atoms with Gasteiger partial charge in [0.15, 0.2) is 54.9 Å². The van der Waals surface area contributed by atoms with Gasteiger partial charge in [0.1, 0.15) is 42.6 Å². The molecule has 18 aromatic rings. The van der Waals surface area contributed by atoms with Gasteiger partial charge < -0.3 is 94.7 Å². The molecule has 41 heteroatoms. The average molecular weight is 1890 g/mol. The first-order valence-corrected chi connectivity index (χ1v) is 47.3. The van der Waals surface area contributed by atoms with Crippen molar-refractivity contribution in [2.24, 2.45) is 14.1 Å². The van der Waals surface area contributed by atoms with Crippen molar-refractivity contribution in [1.29, 1.82) is 0 Å². The molecule has 36 nitrogen and oxygen atoms in total. The Bertz CT molecular complexity index is 6810. The Morgan fingerprint density at radius 1 is 0.376 bits per heavy atom. The van der Waals surface area contributed by atoms with Gasteiger partial charge in [0.25, 0.3) is 0 Å². The Morgan fingerprint density at radius 2 is 0.782 bits per heavy atom. The lowest BCUT2D eigenvalue weighted by Gasteiger charge is -2.17. The second kappa shape index (κ2) is 43.5. The molecule has 20 rings (SSSR count). The lowest BCUT2D eigenvalue weighted by molar-refractivity contribution is -0.114. The summed E-state index contributed by atoms with van der Waals surface area (Å²) in [7, 11) is 5.92. The number of fused-ring (bicyclic) bond motifs is 5. The van der Waals surface area contributed by atoms with E-state index in [0.717, 1.165) is 149 Å². The van der Waals surface area contributed by atoms with Crippen molar-refractivity contribution in [3.05, 3.63) is 226 Å². The quantitative estimate of drug-likeness (QED) is 0.0261. The number of benzene rings is 5. The predicted octanol–water partition coefficient (Wildman–Crippen LogP) is 17.5. The maximum atomic E-state index is 12.5. The number of rotatable bonds is 30. The molecule has 2 aliphatic heterocycles. The molecule has 0 bridgehead atoms. The summed E-state index contributed by atoms with van der Waals surface area (Å²) in [6, 6.07) is 42.1. The summed E-state index contributed by atoms with van der Waals surface area (Å²) >= 11 is 6.81. The van der Waals surface area contributed by atoms with Crippen molar-refractivity contribution in [1.82, 2.24) is 87.9 Å². The molecule has 0 aliphatic carbocycles. The van der Waals surface area contributed by atoms with Gasteiger partial charge in [-0.3, -0.25) is 24.0 Å². The van der Waals surface area contributed by atoms with E-state index in [-0.39, 0.29) is 58.3 Å². The van der Waals surface area contributed by atoms with E-state index >= 15 is 0 Å². The van der Waals surface area contributed by atoms with Gasteiger partial charge >= 0.3 is 0 Å². The fourth-order valence-corrected chi connectivity index (χ4v) is 18.8. The number of anilines is 6. The van der Waals surface area contributed by atoms with Crippen molar-refractivity contribution in [2.45, 2.75) is 106 Å². The summed E-state index contributed by atoms with van der Waals surface area (Å²) in [5.41, 5.74) is 15.3. The first kappa shape index (κ1) is 91.7. The van der Waals surface area contributed by atoms with Crippen LogP contribution in [0.4, 0.5) is 34.1 Å². The van der Waals surface area contributed by atoms with E-state index in [9.17, 15) is 24.0 Å². The normalized spacial score (nSPS) is 11.8. The molecular formula is C92H92N24O12S5. The minimum atomic E-state index is -0.114. The molecule has 0 atom stereocenters. The molecule has 0 saturated carbocycles. The average Bonchev–Trinajstić information content (AvgIpc) is 1.68. The lowest BCUT2D eigenvalue weighted by atomic mass is 10.1. The summed E-state index contributed by atoms with van der Waals surface area (Å²) in [5.74, 6) is 5.34. The summed E-state index contributed by atoms with van der Waals surface area (Å²) in [6.45, 7) is 15.3. The molecule has 15 heterocycles. The van der Waals surface area contributed by atoms with Crippen LogP contribution < -0.4 is 36.2 Å². The van der Waals surface area contributed by atoms with Crippen LogP contribution in [0.2, 0.25) is 0 Å². The maximum absolute atomic E-state index is 12.5. The molecule has 2 aliphatic rings. The number of furan rings is 6. The Labute approximate surface area is 782 Å². The van der Waals surface area contributed by atoms with Crippen LogP contribution in [0.1, 0.15) is 45.7 Å². The summed E-state index contributed by atoms with van der Waals surface area (Å²) < 4.78 is 50.2. The monoisotopic (exact) mass is 1880 g/mol. The molecule has 0 fully saturated rings. The van der Waals surface area contributed by atoms with Crippen LogP contribution in [-0.2, 0) is 83.6 Å². The van der Waals surface area contributed by atoms with Gasteiger partial charge in [-0.1, -0.05) is 95.2 Å². The Kier molecular flexibility index (Phi) is 30.0. The second-order valence-corrected chi connectivity index (χ2v) is 34.5. The van der Waals surface area contributed by atoms with Crippen LogP contribution in [0.15, 0.2) is 267 Å². The fraction of sp³-hybridized carbons (Fsp3) is 0.239. The van der Waals surface area contributed by atoms with E-state index in [0.29, 0.717) is 65.6 Å². The SMILES string of the molecule is CCn1c(SCC(=O)Nc2ccc3c(c2)OCC3)nnc1-c1ccoc1.CCn1c(SCC(=O)Nc2ccc3ccoc3c2)nnc1-c1ccoc1.CCn1c(SCC(=O)Nc2cccc3c2N(C)CC3)nnc1-c1ccoc1.CCn1c(SCC(=O)Nc2cccc3ccn(C)c23)nnc1-c1ccoc1.CCn1c(SCC(=O)Nc2cccc3ncn(C)c23)nnc1-c1ccoc1. The number of ether oxygens (including phenoxy) is 1. The number of amides is 5. The smallest absolute Gasteiger partial charge is 0.234 e. The maximum Gasteiger partial charge on any atom is 0.234 e. The lowest BCUT2D eigenvalue weighted by Crippen LogP contribution is -2.19. The highest BCUT2D eigenvalue weighted by molar-refractivity contribution is 8.00. The van der Waals surface area contributed by atoms with Gasteiger partial charge in [-0.05, 0) is 137 Å². The van der Waals surface area contributed by atoms with Gasteiger partial charge in [-0.15, -0.1) is 51.0 Å². The molecule has 5 aromatic carbocycles. The van der Waals surface area contributed by atoms with Crippen molar-refractivity contribution in [2.75, 3.05) is 80.4 Å². The van der Waals surface area contributed by atoms with E-state index in [1.54, 1.807) is 75.2 Å². The number of nitrogens with zero attached hydrogens (tertiary/aromatic N) is 19. The highest BCUT2D eigenvalue weighted by Gasteiger charge is 2.26. The second-order valence-electron chi connectivity index (χ2n) is 29.8. The van der Waals surface area contributed by atoms with Gasteiger partial charge in [0.05, 0.1) is 146 Å². The first-order chi connectivity index (χ1) is 65.0. The van der Waals surface area contributed by atoms with Crippen LogP contribution >= 0.6 is 58.8 Å². The van der Waals surface area contributed by atoms with Crippen LogP contribution in [0.5, 0.6) is 5.75 Å². The molecule has 133 heavy (non-hydrogen) atoms. The number of imidazole rings is 1. The molecule has 0 radical (unpaired) electrons. The number of aryl methyl sites for hydroxylation is 2. The zero-order valence-electron chi connectivity index (χ0n) is 73.5. The number of carbonyl (C=O) groups excluding carboxylic acids is 5. The standard InChI is InChI=1S/C19H21N5O2S.C19H19N5O2S.C18H18N6O2S.C18H18N4O3S.C18H16N4O3S/c2*1-3-24-18(14-8-10-26-11-14)21-22-19(24)27-12-16(25)20-15-6-4-5-13-7-9-23(2)17(13)15;1-3-24-17(12-7-8-26-9-12)21-22-18(24)27-10-15(25)20-14-6-4-5-13-16(14)23(2)11-19-13;2*1-2-22-17(13-5-7-24-10-13)20-21-18(22)26-11-16(23)19-14-4-3-12-6-8-25-15(12)9-14/h4-6,8,10-11H,3,7,9,12H2,1-2H3,(H,20,25);4-11H,3,12H2,1-2H3,(H,20,25);4-9,11H,3,10H2,1-2H3,(H,20,25);3-5,7,9-10H,2,6,8,11H2,1H3,(H,19,23);3-10H,2,11H2,1H3,(H,19,23). The summed E-state index contributed by atoms with van der Waals surface area (Å²) in [6.07, 6.45) is 23.5. The molecule has 5 N–H and O–H groups in total. The zero-order valence-corrected chi connectivity index (χ0v) is 77.6. The van der Waals surface area contributed by atoms with E-state index < -0.39 is 0 Å². The third kappa shape index (κ3) is 21.9. The topological polar surface area (TPSA) is 413 Å². The largest absolute Gasteiger partial charge is 0.493 e. The molecular weight excluding hydrogens is 1790 g/mol. The zero-order chi connectivity index (χ0) is 92.3. The Hall–Kier alpha value is -14.6. The minimum absolute atomic E-state index is 0.0517. The fourth-order valence-electron chi connectivity index (χ4n) is 14.8. The number of hydrogen-bond donors (Lipinski definition) is 5. The molecule has 13 aromatic heterocycles. The van der Waals surface area contributed by atoms with E-state index in [1.807, 2.05) is 214 Å². The number of hydrogen-bond acceptors (Lipinski definition) is 29. The number of likely N-dealkylation sites (N-methyl/N-ethyl adjacent to an activating group) is 1. The Balaban J connectivity index is 0.000000121. The third-order valence-corrected chi connectivity index (χ3v) is 26.0. The molecule has 0 spiro atoms. The van der Waals surface area contributed by atoms with Gasteiger partial charge in [0.2, 0.25) is 29.5 Å². The van der Waals surface area contributed by atoms with Crippen molar-refractivity contribution in [3.8, 4) is 62.7 Å². The van der Waals surface area contributed by atoms with Crippen LogP contribution in [-0.4, -0.2) is 166 Å². The number of nitrogens with one attached hydrogen (secondary N) is 5. The summed E-state index contributed by atoms with van der Waals surface area (Å²) in [4.78, 5) is 68.5. The van der Waals surface area contributed by atoms with Gasteiger partial charge in [-0.2, -0.15) is 0 Å². The van der Waals surface area contributed by atoms with E-state index in [2.05, 4.69) is 101 Å². The van der Waals surface area contributed by atoms with E-state index in [4.69, 9.17) is 31.2 Å². The molecule has 0 saturated heterocycles. The Morgan fingerprint density at radius 3 is 1.23 bits per heavy atom. The van der Waals surface area contributed by atoms with Crippen LogP contribution in [0.3, 0.4) is 0 Å². The van der Waals surface area contributed by atoms with Crippen molar-refractivity contribution >= 4 is 155 Å². The van der Waals surface area contributed by atoms with Crippen molar-refractivity contribution in [3.63, 3.8) is 0 Å². The first-order valence-electron chi connectivity index (χ1n) is 42.4. The van der Waals surface area contributed by atoms with E-state index in [1.165, 1.54) is 69.9 Å². The molecule has 5 amide bonds. The minimum Gasteiger partial charge on any atom is -0.493 e. The number of thioether (sulfide) groups is 5. The number of para-hydroxylation sites is 3. The van der Waals surface area contributed by atoms with Crippen LogP contribution in [0, 0.1) is 0 Å². The highest BCUT2D eigenvalue weighted by atomic mass is 32.2. The van der Waals surface area contributed by atoms with Crippen LogP contribution in [0.25, 0.3) is 89.8 Å². The third-order valence-electron chi connectivity index (χ3n) is 21.1. The molecule has 682 valence electrons. The number of carbonyl (C=O) groups is 5. The number of aromatic nitrogens is 18.